The average Bonchev–Trinajstić information content (AvgIpc) is 3.69. The van der Waals surface area contributed by atoms with Gasteiger partial charge in [0, 0.05) is 49.3 Å². The lowest BCUT2D eigenvalue weighted by molar-refractivity contribution is -0.136. The van der Waals surface area contributed by atoms with Gasteiger partial charge in [-0.2, -0.15) is 0 Å². The summed E-state index contributed by atoms with van der Waals surface area (Å²) in [6.07, 6.45) is 0.805. The highest BCUT2D eigenvalue weighted by atomic mass is 32.5. The predicted molar refractivity (Wildman–Crippen MR) is 181 cm³/mol. The molecule has 1 saturated heterocycles. The van der Waals surface area contributed by atoms with Crippen LogP contribution in [0.25, 0.3) is 11.2 Å². The number of methoxy groups -OCH3 is 1. The number of pyridine rings is 1. The number of aliphatic imine (C=N–C) groups is 1. The van der Waals surface area contributed by atoms with Crippen molar-refractivity contribution in [3.63, 3.8) is 0 Å². The van der Waals surface area contributed by atoms with E-state index in [1.165, 1.54) is 45.3 Å². The number of hydrogen-bond acceptors (Lipinski definition) is 17. The standard InChI is InChI=1S/C29H37N8O12PS/c1-15-26(42)18(17(9-38)7-30-15)8-31-27-25-28(33-13-32-27)37(14-34-25)23-6-19(40)21(48-23)11-46-50(44,51)49-16(2)20(10-39)47-24(12-45-3)36-5-4-22(41)35-29(36)43/h4-5,7-8,13-14,16,19-21,23-24,38-40,42H,6,9-12H2,1-3H3,(H,44,51)(H,35,41,43)/t16-,19-,20-,21-,23-,24-,50?/m1/s1. The molecule has 0 saturated carbocycles. The van der Waals surface area contributed by atoms with Gasteiger partial charge >= 0.3 is 12.4 Å². The topological polar surface area (TPSA) is 271 Å². The van der Waals surface area contributed by atoms with Crippen LogP contribution < -0.4 is 11.2 Å². The van der Waals surface area contributed by atoms with Crippen LogP contribution in [0, 0.1) is 6.92 Å². The third kappa shape index (κ3) is 8.96. The molecule has 4 aromatic rings. The van der Waals surface area contributed by atoms with Crippen molar-refractivity contribution in [3.8, 4) is 5.75 Å². The molecule has 5 rings (SSSR count). The summed E-state index contributed by atoms with van der Waals surface area (Å²) in [6, 6.07) is 1.12. The van der Waals surface area contributed by atoms with E-state index in [1.54, 1.807) is 11.5 Å². The second-order valence-corrected chi connectivity index (χ2v) is 14.2. The zero-order chi connectivity index (χ0) is 36.9. The second kappa shape index (κ2) is 16.7. The number of hydrogen-bond donors (Lipinski definition) is 6. The van der Waals surface area contributed by atoms with E-state index in [2.05, 4.69) is 29.9 Å². The van der Waals surface area contributed by atoms with Crippen molar-refractivity contribution < 1.29 is 48.6 Å². The zero-order valence-electron chi connectivity index (χ0n) is 27.5. The first-order chi connectivity index (χ1) is 24.3. The first-order valence-electron chi connectivity index (χ1n) is 15.4. The largest absolute Gasteiger partial charge is 0.505 e. The number of H-pyrrole nitrogens is 1. The Kier molecular flexibility index (Phi) is 12.5. The van der Waals surface area contributed by atoms with Crippen molar-refractivity contribution in [1.82, 2.24) is 34.1 Å². The van der Waals surface area contributed by atoms with Crippen LogP contribution in [0.15, 0.2) is 45.7 Å². The van der Waals surface area contributed by atoms with Crippen LogP contribution >= 0.6 is 6.72 Å². The first-order valence-corrected chi connectivity index (χ1v) is 18.0. The van der Waals surface area contributed by atoms with E-state index in [9.17, 15) is 34.9 Å². The van der Waals surface area contributed by atoms with E-state index in [1.807, 2.05) is 0 Å². The van der Waals surface area contributed by atoms with E-state index in [4.69, 9.17) is 35.1 Å². The first kappa shape index (κ1) is 38.4. The SMILES string of the molecule is COC[C@@H](O[C@H](CO)[C@@H](C)OP(O)(=S)OC[C@H]1O[C@@H](n2cnc3c(N=Cc4c(CO)cnc(C)c4O)ncnc32)C[C@H]1O)n1ccc(=O)[nH]c1=O. The highest BCUT2D eigenvalue weighted by molar-refractivity contribution is 8.07. The predicted octanol–water partition coefficient (Wildman–Crippen LogP) is -0.162. The van der Waals surface area contributed by atoms with E-state index in [0.717, 1.165) is 10.6 Å². The second-order valence-electron chi connectivity index (χ2n) is 11.4. The molecule has 0 amide bonds. The number of aliphatic hydroxyl groups excluding tert-OH is 3. The van der Waals surface area contributed by atoms with Gasteiger partial charge in [0.2, 0.25) is 0 Å². The molecule has 1 aliphatic rings. The number of nitrogens with zero attached hydrogens (tertiary/aromatic N) is 7. The Morgan fingerprint density at radius 1 is 1.25 bits per heavy atom. The van der Waals surface area contributed by atoms with Crippen molar-refractivity contribution in [2.45, 2.75) is 63.7 Å². The Balaban J connectivity index is 1.22. The molecule has 4 aromatic heterocycles. The summed E-state index contributed by atoms with van der Waals surface area (Å²) in [5.74, 6) is 0.0422. The summed E-state index contributed by atoms with van der Waals surface area (Å²) < 4.78 is 30.7. The number of imidazole rings is 1. The summed E-state index contributed by atoms with van der Waals surface area (Å²) >= 11 is 5.18. The molecule has 22 heteroatoms. The number of aromatic nitrogens is 7. The number of rotatable bonds is 16. The molecule has 6 N–H and O–H groups in total. The maximum absolute atomic E-state index is 12.3. The summed E-state index contributed by atoms with van der Waals surface area (Å²) in [7, 11) is 1.37. The lowest BCUT2D eigenvalue weighted by Gasteiger charge is -2.30. The summed E-state index contributed by atoms with van der Waals surface area (Å²) in [6.45, 7) is -2.39. The van der Waals surface area contributed by atoms with E-state index >= 15 is 0 Å². The molecule has 0 bridgehead atoms. The molecular formula is C29H37N8O12PS. The lowest BCUT2D eigenvalue weighted by Crippen LogP contribution is -2.40. The smallest absolute Gasteiger partial charge is 0.330 e. The molecule has 1 unspecified atom stereocenters. The highest BCUT2D eigenvalue weighted by Crippen LogP contribution is 2.47. The Labute approximate surface area is 294 Å². The molecule has 20 nitrogen and oxygen atoms in total. The third-order valence-corrected chi connectivity index (χ3v) is 9.55. The van der Waals surface area contributed by atoms with Gasteiger partial charge in [-0.15, -0.1) is 0 Å². The summed E-state index contributed by atoms with van der Waals surface area (Å²) in [5, 5.41) is 40.9. The average molecular weight is 753 g/mol. The number of nitrogens with one attached hydrogen (secondary N) is 1. The number of ether oxygens (including phenoxy) is 3. The van der Waals surface area contributed by atoms with Crippen LogP contribution in [0.4, 0.5) is 5.82 Å². The van der Waals surface area contributed by atoms with E-state index in [-0.39, 0.29) is 43.4 Å². The monoisotopic (exact) mass is 752 g/mol. The maximum Gasteiger partial charge on any atom is 0.330 e. The van der Waals surface area contributed by atoms with Gasteiger partial charge in [0.15, 0.2) is 23.2 Å². The Hall–Kier alpha value is -3.86. The quantitative estimate of drug-likeness (QED) is 0.0641. The third-order valence-electron chi connectivity index (χ3n) is 7.91. The molecule has 0 radical (unpaired) electrons. The van der Waals surface area contributed by atoms with Gasteiger partial charge in [0.05, 0.1) is 50.7 Å². The fourth-order valence-corrected chi connectivity index (χ4v) is 6.73. The molecule has 1 aliphatic heterocycles. The van der Waals surface area contributed by atoms with Crippen LogP contribution in [0.1, 0.15) is 42.6 Å². The van der Waals surface area contributed by atoms with Crippen molar-refractivity contribution >= 4 is 41.7 Å². The molecule has 5 heterocycles. The molecule has 1 fully saturated rings. The summed E-state index contributed by atoms with van der Waals surface area (Å²) in [4.78, 5) is 58.0. The zero-order valence-corrected chi connectivity index (χ0v) is 29.3. The van der Waals surface area contributed by atoms with Crippen molar-refractivity contribution in [2.75, 3.05) is 26.9 Å². The number of fused-ring (bicyclic) bond motifs is 1. The van der Waals surface area contributed by atoms with Crippen molar-refractivity contribution in [1.29, 1.82) is 0 Å². The van der Waals surface area contributed by atoms with Crippen LogP contribution in [-0.2, 0) is 41.7 Å². The maximum atomic E-state index is 12.3. The number of aromatic hydroxyl groups is 1. The minimum Gasteiger partial charge on any atom is -0.505 e. The van der Waals surface area contributed by atoms with Gasteiger partial charge < -0.3 is 48.6 Å². The van der Waals surface area contributed by atoms with Crippen LogP contribution in [0.5, 0.6) is 5.75 Å². The fourth-order valence-electron chi connectivity index (χ4n) is 5.19. The van der Waals surface area contributed by atoms with Crippen molar-refractivity contribution in [3.05, 3.63) is 68.8 Å². The van der Waals surface area contributed by atoms with Gasteiger partial charge in [0.25, 0.3) is 5.56 Å². The van der Waals surface area contributed by atoms with Gasteiger partial charge in [-0.3, -0.25) is 23.9 Å². The summed E-state index contributed by atoms with van der Waals surface area (Å²) in [5.41, 5.74) is 0.268. The van der Waals surface area contributed by atoms with E-state index < -0.39 is 61.4 Å². The van der Waals surface area contributed by atoms with Gasteiger partial charge in [-0.1, -0.05) is 0 Å². The van der Waals surface area contributed by atoms with Crippen LogP contribution in [0.3, 0.4) is 0 Å². The highest BCUT2D eigenvalue weighted by Gasteiger charge is 2.38. The minimum atomic E-state index is -4.00. The van der Waals surface area contributed by atoms with Crippen LogP contribution in [0.2, 0.25) is 0 Å². The number of aryl methyl sites for hydroxylation is 1. The van der Waals surface area contributed by atoms with E-state index in [0.29, 0.717) is 22.4 Å². The Morgan fingerprint density at radius 3 is 2.75 bits per heavy atom. The molecule has 7 atom stereocenters. The van der Waals surface area contributed by atoms with Crippen molar-refractivity contribution in [2.24, 2.45) is 4.99 Å². The number of aromatic amines is 1. The molecule has 51 heavy (non-hydrogen) atoms. The minimum absolute atomic E-state index is 0.100. The van der Waals surface area contributed by atoms with Gasteiger partial charge in [-0.05, 0) is 25.7 Å². The Bertz CT molecular complexity index is 2030. The Morgan fingerprint density at radius 2 is 2.04 bits per heavy atom. The number of aliphatic hydroxyl groups is 3. The molecule has 0 spiro atoms. The lowest BCUT2D eigenvalue weighted by atomic mass is 10.1. The van der Waals surface area contributed by atoms with Crippen LogP contribution in [-0.4, -0.2) is 117 Å². The molecule has 276 valence electrons. The molecule has 0 aromatic carbocycles. The van der Waals surface area contributed by atoms with Gasteiger partial charge in [-0.25, -0.2) is 24.7 Å². The van der Waals surface area contributed by atoms with Gasteiger partial charge in [0.1, 0.15) is 30.5 Å². The molecule has 0 aliphatic carbocycles. The fraction of sp³-hybridized carbons (Fsp3) is 0.483. The normalized spacial score (nSPS) is 20.9. The molecular weight excluding hydrogens is 715 g/mol.